The highest BCUT2D eigenvalue weighted by Gasteiger charge is 2.17. The van der Waals surface area contributed by atoms with Gasteiger partial charge in [0.1, 0.15) is 5.82 Å². The van der Waals surface area contributed by atoms with E-state index in [-0.39, 0.29) is 0 Å². The first-order valence-electron chi connectivity index (χ1n) is 5.18. The Balaban J connectivity index is 1.96. The van der Waals surface area contributed by atoms with Gasteiger partial charge in [-0.05, 0) is 25.7 Å². The smallest absolute Gasteiger partial charge is 0.124 e. The molecule has 0 saturated heterocycles. The molecular formula is C10H17N3. The van der Waals surface area contributed by atoms with Gasteiger partial charge in [-0.25, -0.2) is 4.68 Å². The summed E-state index contributed by atoms with van der Waals surface area (Å²) in [6, 6.07) is 2.76. The van der Waals surface area contributed by atoms with Crippen LogP contribution >= 0.6 is 0 Å². The summed E-state index contributed by atoms with van der Waals surface area (Å²) in [6.45, 7) is 3.19. The number of aromatic nitrogens is 2. The molecule has 0 amide bonds. The van der Waals surface area contributed by atoms with E-state index in [0.29, 0.717) is 6.04 Å². The Bertz CT molecular complexity index is 263. The minimum Gasteiger partial charge on any atom is -0.368 e. The van der Waals surface area contributed by atoms with E-state index in [9.17, 15) is 0 Å². The van der Waals surface area contributed by atoms with E-state index in [2.05, 4.69) is 28.1 Å². The van der Waals surface area contributed by atoms with E-state index in [1.807, 2.05) is 6.20 Å². The molecule has 0 unspecified atom stereocenters. The van der Waals surface area contributed by atoms with Crippen molar-refractivity contribution in [2.45, 2.75) is 45.2 Å². The molecule has 0 atom stereocenters. The van der Waals surface area contributed by atoms with Crippen LogP contribution in [-0.2, 0) is 6.54 Å². The molecule has 1 aliphatic rings. The lowest BCUT2D eigenvalue weighted by molar-refractivity contribution is 0.440. The normalized spacial score (nSPS) is 17.0. The van der Waals surface area contributed by atoms with Crippen molar-refractivity contribution in [2.24, 2.45) is 0 Å². The van der Waals surface area contributed by atoms with Gasteiger partial charge in [-0.15, -0.1) is 0 Å². The Labute approximate surface area is 79.1 Å². The molecule has 13 heavy (non-hydrogen) atoms. The highest BCUT2D eigenvalue weighted by molar-refractivity contribution is 5.35. The van der Waals surface area contributed by atoms with Gasteiger partial charge in [0, 0.05) is 18.7 Å². The fraction of sp³-hybridized carbons (Fsp3) is 0.700. The van der Waals surface area contributed by atoms with Gasteiger partial charge in [-0.2, -0.15) is 5.10 Å². The molecular weight excluding hydrogens is 162 g/mol. The van der Waals surface area contributed by atoms with Gasteiger partial charge in [-0.1, -0.05) is 6.92 Å². The van der Waals surface area contributed by atoms with Crippen molar-refractivity contribution < 1.29 is 0 Å². The van der Waals surface area contributed by atoms with Crippen molar-refractivity contribution in [3.05, 3.63) is 12.3 Å². The van der Waals surface area contributed by atoms with Crippen LogP contribution in [0.3, 0.4) is 0 Å². The van der Waals surface area contributed by atoms with Gasteiger partial charge in [-0.3, -0.25) is 0 Å². The van der Waals surface area contributed by atoms with E-state index < -0.39 is 0 Å². The van der Waals surface area contributed by atoms with Crippen LogP contribution in [-0.4, -0.2) is 15.8 Å². The van der Waals surface area contributed by atoms with Gasteiger partial charge in [0.15, 0.2) is 0 Å². The van der Waals surface area contributed by atoms with Crippen LogP contribution in [0.4, 0.5) is 5.82 Å². The molecule has 0 aliphatic heterocycles. The number of rotatable bonds is 4. The van der Waals surface area contributed by atoms with Gasteiger partial charge < -0.3 is 5.32 Å². The maximum atomic E-state index is 4.27. The standard InChI is InChI=1S/C10H17N3/c1-2-8-13-10(6-7-11-13)12-9-4-3-5-9/h6-7,9,12H,2-5,8H2,1H3. The molecule has 2 rings (SSSR count). The van der Waals surface area contributed by atoms with E-state index >= 15 is 0 Å². The van der Waals surface area contributed by atoms with Crippen LogP contribution in [0.15, 0.2) is 12.3 Å². The first-order chi connectivity index (χ1) is 6.40. The zero-order valence-corrected chi connectivity index (χ0v) is 8.16. The summed E-state index contributed by atoms with van der Waals surface area (Å²) >= 11 is 0. The van der Waals surface area contributed by atoms with Crippen molar-refractivity contribution in [1.29, 1.82) is 0 Å². The molecule has 0 spiro atoms. The Morgan fingerprint density at radius 2 is 2.46 bits per heavy atom. The zero-order valence-electron chi connectivity index (χ0n) is 8.16. The van der Waals surface area contributed by atoms with Crippen LogP contribution in [0.1, 0.15) is 32.6 Å². The quantitative estimate of drug-likeness (QED) is 0.768. The summed E-state index contributed by atoms with van der Waals surface area (Å²) in [4.78, 5) is 0. The Morgan fingerprint density at radius 3 is 3.08 bits per heavy atom. The third-order valence-corrected chi connectivity index (χ3v) is 2.61. The first kappa shape index (κ1) is 8.60. The summed E-state index contributed by atoms with van der Waals surface area (Å²) in [7, 11) is 0. The maximum absolute atomic E-state index is 4.27. The fourth-order valence-electron chi connectivity index (χ4n) is 1.61. The second kappa shape index (κ2) is 3.81. The number of hydrogen-bond acceptors (Lipinski definition) is 2. The first-order valence-corrected chi connectivity index (χ1v) is 5.18. The lowest BCUT2D eigenvalue weighted by atomic mass is 9.93. The van der Waals surface area contributed by atoms with Crippen LogP contribution < -0.4 is 5.32 Å². The number of aryl methyl sites for hydroxylation is 1. The van der Waals surface area contributed by atoms with Crippen LogP contribution in [0.25, 0.3) is 0 Å². The lowest BCUT2D eigenvalue weighted by Gasteiger charge is -2.27. The largest absolute Gasteiger partial charge is 0.368 e. The molecule has 1 N–H and O–H groups in total. The second-order valence-corrected chi connectivity index (χ2v) is 3.71. The van der Waals surface area contributed by atoms with Gasteiger partial charge in [0.25, 0.3) is 0 Å². The molecule has 1 aromatic rings. The predicted octanol–water partition coefficient (Wildman–Crippen LogP) is 2.26. The van der Waals surface area contributed by atoms with E-state index in [0.717, 1.165) is 13.0 Å². The van der Waals surface area contributed by atoms with Crippen molar-refractivity contribution in [1.82, 2.24) is 9.78 Å². The number of anilines is 1. The molecule has 1 heterocycles. The van der Waals surface area contributed by atoms with Crippen molar-refractivity contribution >= 4 is 5.82 Å². The average molecular weight is 179 g/mol. The third kappa shape index (κ3) is 1.85. The third-order valence-electron chi connectivity index (χ3n) is 2.61. The van der Waals surface area contributed by atoms with Crippen molar-refractivity contribution in [2.75, 3.05) is 5.32 Å². The topological polar surface area (TPSA) is 29.9 Å². The van der Waals surface area contributed by atoms with Crippen molar-refractivity contribution in [3.63, 3.8) is 0 Å². The Kier molecular flexibility index (Phi) is 2.52. The lowest BCUT2D eigenvalue weighted by Crippen LogP contribution is -2.28. The van der Waals surface area contributed by atoms with Gasteiger partial charge >= 0.3 is 0 Å². The molecule has 0 bridgehead atoms. The molecule has 3 nitrogen and oxygen atoms in total. The summed E-state index contributed by atoms with van der Waals surface area (Å²) in [6.07, 6.45) is 7.02. The molecule has 1 aliphatic carbocycles. The Morgan fingerprint density at radius 1 is 1.62 bits per heavy atom. The predicted molar refractivity (Wildman–Crippen MR) is 53.8 cm³/mol. The summed E-state index contributed by atoms with van der Waals surface area (Å²) in [5.41, 5.74) is 0. The Hall–Kier alpha value is -0.990. The molecule has 3 heteroatoms. The molecule has 1 saturated carbocycles. The molecule has 72 valence electrons. The van der Waals surface area contributed by atoms with Gasteiger partial charge in [0.2, 0.25) is 0 Å². The summed E-state index contributed by atoms with van der Waals surface area (Å²) < 4.78 is 2.05. The number of nitrogens with one attached hydrogen (secondary N) is 1. The second-order valence-electron chi connectivity index (χ2n) is 3.71. The molecule has 1 fully saturated rings. The van der Waals surface area contributed by atoms with Crippen LogP contribution in [0, 0.1) is 0 Å². The SMILES string of the molecule is CCCn1nccc1NC1CCC1. The highest BCUT2D eigenvalue weighted by Crippen LogP contribution is 2.22. The van der Waals surface area contributed by atoms with Crippen LogP contribution in [0.5, 0.6) is 0 Å². The molecule has 0 radical (unpaired) electrons. The zero-order chi connectivity index (χ0) is 9.10. The summed E-state index contributed by atoms with van der Waals surface area (Å²) in [5.74, 6) is 1.19. The average Bonchev–Trinajstić information content (AvgIpc) is 2.46. The van der Waals surface area contributed by atoms with Crippen molar-refractivity contribution in [3.8, 4) is 0 Å². The highest BCUT2D eigenvalue weighted by atomic mass is 15.3. The summed E-state index contributed by atoms with van der Waals surface area (Å²) in [5, 5.41) is 7.78. The fourth-order valence-corrected chi connectivity index (χ4v) is 1.61. The minimum atomic E-state index is 0.701. The van der Waals surface area contributed by atoms with Crippen LogP contribution in [0.2, 0.25) is 0 Å². The number of nitrogens with zero attached hydrogens (tertiary/aromatic N) is 2. The monoisotopic (exact) mass is 179 g/mol. The van der Waals surface area contributed by atoms with E-state index in [1.54, 1.807) is 0 Å². The molecule has 0 aromatic carbocycles. The maximum Gasteiger partial charge on any atom is 0.124 e. The number of hydrogen-bond donors (Lipinski definition) is 1. The molecule has 1 aromatic heterocycles. The van der Waals surface area contributed by atoms with Gasteiger partial charge in [0.05, 0.1) is 6.20 Å². The van der Waals surface area contributed by atoms with E-state index in [1.165, 1.54) is 25.1 Å². The minimum absolute atomic E-state index is 0.701. The van der Waals surface area contributed by atoms with E-state index in [4.69, 9.17) is 0 Å².